The largest absolute Gasteiger partial charge is 0.490 e. The lowest BCUT2D eigenvalue weighted by atomic mass is 10.2. The third kappa shape index (κ3) is 3.96. The number of rotatable bonds is 5. The fourth-order valence-corrected chi connectivity index (χ4v) is 4.79. The van der Waals surface area contributed by atoms with Crippen molar-refractivity contribution in [3.05, 3.63) is 48.2 Å². The summed E-state index contributed by atoms with van der Waals surface area (Å²) in [5.41, 5.74) is 2.25. The monoisotopic (exact) mass is 436 g/mol. The summed E-state index contributed by atoms with van der Waals surface area (Å²) in [6.07, 6.45) is 0. The van der Waals surface area contributed by atoms with Gasteiger partial charge in [0, 0.05) is 37.3 Å². The van der Waals surface area contributed by atoms with E-state index in [-0.39, 0.29) is 11.7 Å². The Balaban J connectivity index is 1.36. The number of nitrogens with one attached hydrogen (secondary N) is 1. The predicted octanol–water partition coefficient (Wildman–Crippen LogP) is 4.45. The van der Waals surface area contributed by atoms with E-state index in [1.165, 1.54) is 0 Å². The molecule has 2 aromatic carbocycles. The number of nitrogens with zero attached hydrogens (tertiary/aromatic N) is 3. The standard InChI is InChI=1S/C23H24N4O3S/c1-3-29-18-6-4-5-15-13-19(30-21(15)18)22(28)24-16-7-8-17-20(14-16)31-23(25-17)27-11-9-26(2)10-12-27/h4-8,13-14H,3,9-12H2,1-2H3,(H,24,28). The number of anilines is 2. The van der Waals surface area contributed by atoms with Crippen molar-refractivity contribution in [1.29, 1.82) is 0 Å². The highest BCUT2D eigenvalue weighted by atomic mass is 32.1. The highest BCUT2D eigenvalue weighted by Crippen LogP contribution is 2.32. The minimum Gasteiger partial charge on any atom is -0.490 e. The number of para-hydroxylation sites is 1. The fourth-order valence-electron chi connectivity index (χ4n) is 3.73. The van der Waals surface area contributed by atoms with Gasteiger partial charge in [-0.3, -0.25) is 4.79 Å². The molecule has 3 heterocycles. The Morgan fingerprint density at radius 1 is 1.19 bits per heavy atom. The average Bonchev–Trinajstić information content (AvgIpc) is 3.39. The number of benzene rings is 2. The Morgan fingerprint density at radius 3 is 2.84 bits per heavy atom. The van der Waals surface area contributed by atoms with Crippen LogP contribution in [0.2, 0.25) is 0 Å². The second-order valence-corrected chi connectivity index (χ2v) is 8.65. The van der Waals surface area contributed by atoms with Crippen LogP contribution in [0.4, 0.5) is 10.8 Å². The summed E-state index contributed by atoms with van der Waals surface area (Å²) in [5, 5.41) is 4.82. The zero-order valence-electron chi connectivity index (χ0n) is 17.6. The summed E-state index contributed by atoms with van der Waals surface area (Å²) in [5.74, 6) is 0.605. The van der Waals surface area contributed by atoms with Crippen LogP contribution in [0, 0.1) is 0 Å². The van der Waals surface area contributed by atoms with Gasteiger partial charge in [-0.2, -0.15) is 0 Å². The van der Waals surface area contributed by atoms with Crippen molar-refractivity contribution >= 4 is 49.2 Å². The van der Waals surface area contributed by atoms with Crippen LogP contribution < -0.4 is 15.0 Å². The van der Waals surface area contributed by atoms with Gasteiger partial charge in [0.1, 0.15) is 0 Å². The lowest BCUT2D eigenvalue weighted by Gasteiger charge is -2.31. The maximum Gasteiger partial charge on any atom is 0.291 e. The molecule has 8 heteroatoms. The van der Waals surface area contributed by atoms with E-state index in [4.69, 9.17) is 14.1 Å². The first-order valence-corrected chi connectivity index (χ1v) is 11.2. The van der Waals surface area contributed by atoms with E-state index in [1.54, 1.807) is 17.4 Å². The molecular formula is C23H24N4O3S. The van der Waals surface area contributed by atoms with Crippen LogP contribution in [0.15, 0.2) is 46.9 Å². The van der Waals surface area contributed by atoms with E-state index in [9.17, 15) is 4.79 Å². The number of amides is 1. The SMILES string of the molecule is CCOc1cccc2cc(C(=O)Nc3ccc4nc(N5CCN(C)CC5)sc4c3)oc12. The molecule has 1 amide bonds. The number of piperazine rings is 1. The lowest BCUT2D eigenvalue weighted by Crippen LogP contribution is -2.44. The molecule has 0 unspecified atom stereocenters. The maximum absolute atomic E-state index is 12.8. The number of furan rings is 1. The van der Waals surface area contributed by atoms with Crippen LogP contribution in [0.3, 0.4) is 0 Å². The Labute approximate surface area is 184 Å². The molecule has 0 radical (unpaired) electrons. The molecule has 0 bridgehead atoms. The molecule has 4 aromatic rings. The van der Waals surface area contributed by atoms with Gasteiger partial charge in [0.15, 0.2) is 22.2 Å². The van der Waals surface area contributed by atoms with E-state index < -0.39 is 0 Å². The summed E-state index contributed by atoms with van der Waals surface area (Å²) < 4.78 is 12.5. The minimum atomic E-state index is -0.290. The Morgan fingerprint density at radius 2 is 2.03 bits per heavy atom. The second kappa shape index (κ2) is 8.20. The van der Waals surface area contributed by atoms with Crippen LogP contribution in [-0.4, -0.2) is 55.6 Å². The third-order valence-electron chi connectivity index (χ3n) is 5.44. The van der Waals surface area contributed by atoms with Crippen molar-refractivity contribution in [1.82, 2.24) is 9.88 Å². The highest BCUT2D eigenvalue weighted by molar-refractivity contribution is 7.22. The topological polar surface area (TPSA) is 70.8 Å². The van der Waals surface area contributed by atoms with Gasteiger partial charge >= 0.3 is 0 Å². The summed E-state index contributed by atoms with van der Waals surface area (Å²) >= 11 is 1.66. The molecule has 1 fully saturated rings. The van der Waals surface area contributed by atoms with Crippen LogP contribution >= 0.6 is 11.3 Å². The van der Waals surface area contributed by atoms with Gasteiger partial charge in [0.25, 0.3) is 5.91 Å². The first-order valence-electron chi connectivity index (χ1n) is 10.4. The van der Waals surface area contributed by atoms with Gasteiger partial charge in [0.05, 0.1) is 16.8 Å². The number of carbonyl (C=O) groups is 1. The molecule has 0 aliphatic carbocycles. The van der Waals surface area contributed by atoms with E-state index >= 15 is 0 Å². The number of likely N-dealkylation sites (N-methyl/N-ethyl adjacent to an activating group) is 1. The van der Waals surface area contributed by atoms with Crippen LogP contribution in [0.25, 0.3) is 21.2 Å². The van der Waals surface area contributed by atoms with Crippen molar-refractivity contribution in [3.8, 4) is 5.75 Å². The molecule has 0 atom stereocenters. The van der Waals surface area contributed by atoms with Crippen molar-refractivity contribution in [2.24, 2.45) is 0 Å². The number of hydrogen-bond donors (Lipinski definition) is 1. The number of thiazole rings is 1. The molecule has 1 saturated heterocycles. The van der Waals surface area contributed by atoms with Gasteiger partial charge < -0.3 is 24.3 Å². The first kappa shape index (κ1) is 19.8. The van der Waals surface area contributed by atoms with Crippen LogP contribution in [-0.2, 0) is 0 Å². The molecule has 2 aromatic heterocycles. The van der Waals surface area contributed by atoms with Gasteiger partial charge in [-0.1, -0.05) is 23.5 Å². The summed E-state index contributed by atoms with van der Waals surface area (Å²) in [7, 11) is 2.14. The third-order valence-corrected chi connectivity index (χ3v) is 6.52. The second-order valence-electron chi connectivity index (χ2n) is 7.64. The quantitative estimate of drug-likeness (QED) is 0.499. The first-order chi connectivity index (χ1) is 15.1. The summed E-state index contributed by atoms with van der Waals surface area (Å²) in [4.78, 5) is 22.2. The number of hydrogen-bond acceptors (Lipinski definition) is 7. The number of aromatic nitrogens is 1. The predicted molar refractivity (Wildman–Crippen MR) is 125 cm³/mol. The molecule has 160 valence electrons. The smallest absolute Gasteiger partial charge is 0.291 e. The zero-order chi connectivity index (χ0) is 21.4. The van der Waals surface area contributed by atoms with Gasteiger partial charge in [-0.15, -0.1) is 0 Å². The van der Waals surface area contributed by atoms with Gasteiger partial charge in [-0.25, -0.2) is 4.98 Å². The molecule has 1 N–H and O–H groups in total. The molecule has 1 aliphatic rings. The fraction of sp³-hybridized carbons (Fsp3) is 0.304. The molecule has 5 rings (SSSR count). The minimum absolute atomic E-state index is 0.254. The molecule has 0 spiro atoms. The summed E-state index contributed by atoms with van der Waals surface area (Å²) in [6.45, 7) is 6.50. The number of fused-ring (bicyclic) bond motifs is 2. The van der Waals surface area contributed by atoms with Crippen molar-refractivity contribution in [2.75, 3.05) is 50.1 Å². The Hall–Kier alpha value is -3.10. The van der Waals surface area contributed by atoms with E-state index in [0.29, 0.717) is 17.9 Å². The average molecular weight is 437 g/mol. The van der Waals surface area contributed by atoms with Crippen LogP contribution in [0.5, 0.6) is 5.75 Å². The lowest BCUT2D eigenvalue weighted by molar-refractivity contribution is 0.0998. The molecule has 0 saturated carbocycles. The van der Waals surface area contributed by atoms with Crippen LogP contribution in [0.1, 0.15) is 17.5 Å². The Kier molecular flexibility index (Phi) is 5.25. The van der Waals surface area contributed by atoms with Gasteiger partial charge in [0.2, 0.25) is 0 Å². The molecular weight excluding hydrogens is 412 g/mol. The molecule has 31 heavy (non-hydrogen) atoms. The molecule has 1 aliphatic heterocycles. The summed E-state index contributed by atoms with van der Waals surface area (Å²) in [6, 6.07) is 13.2. The molecule has 7 nitrogen and oxygen atoms in total. The van der Waals surface area contributed by atoms with Gasteiger partial charge in [-0.05, 0) is 44.3 Å². The normalized spacial score (nSPS) is 15.0. The Bertz CT molecular complexity index is 1240. The number of ether oxygens (including phenoxy) is 1. The van der Waals surface area contributed by atoms with E-state index in [2.05, 4.69) is 22.2 Å². The highest BCUT2D eigenvalue weighted by Gasteiger charge is 2.19. The van der Waals surface area contributed by atoms with Crippen molar-refractivity contribution in [2.45, 2.75) is 6.92 Å². The van der Waals surface area contributed by atoms with Crippen molar-refractivity contribution < 1.29 is 13.9 Å². The maximum atomic E-state index is 12.8. The number of carbonyl (C=O) groups excluding carboxylic acids is 1. The van der Waals surface area contributed by atoms with Crippen molar-refractivity contribution in [3.63, 3.8) is 0 Å². The van der Waals surface area contributed by atoms with E-state index in [1.807, 2.05) is 43.3 Å². The zero-order valence-corrected chi connectivity index (χ0v) is 18.4. The van der Waals surface area contributed by atoms with E-state index in [0.717, 1.165) is 52.6 Å².